The van der Waals surface area contributed by atoms with E-state index in [4.69, 9.17) is 5.84 Å². The largest absolute Gasteiger partial charge is 0.318 e. The van der Waals surface area contributed by atoms with Gasteiger partial charge in [-0.1, -0.05) is 6.07 Å². The predicted molar refractivity (Wildman–Crippen MR) is 80.4 cm³/mol. The summed E-state index contributed by atoms with van der Waals surface area (Å²) >= 11 is 1.66. The van der Waals surface area contributed by atoms with Crippen molar-refractivity contribution >= 4 is 22.7 Å². The molecule has 0 radical (unpaired) electrons. The molecule has 6 nitrogen and oxygen atoms in total. The van der Waals surface area contributed by atoms with Gasteiger partial charge in [-0.3, -0.25) is 20.9 Å². The van der Waals surface area contributed by atoms with Crippen LogP contribution in [-0.4, -0.2) is 16.9 Å². The Labute approximate surface area is 120 Å². The van der Waals surface area contributed by atoms with Crippen molar-refractivity contribution in [3.8, 4) is 0 Å². The molecular formula is C13H16N4O2S. The molecule has 20 heavy (non-hydrogen) atoms. The second kappa shape index (κ2) is 6.47. The number of anilines is 1. The molecule has 0 bridgehead atoms. The van der Waals surface area contributed by atoms with Crippen LogP contribution in [0, 0.1) is 10.1 Å². The average molecular weight is 292 g/mol. The van der Waals surface area contributed by atoms with Crippen LogP contribution in [0.1, 0.15) is 11.1 Å². The minimum atomic E-state index is -0.433. The van der Waals surface area contributed by atoms with Crippen LogP contribution in [-0.2, 0) is 13.1 Å². The van der Waals surface area contributed by atoms with E-state index in [-0.39, 0.29) is 5.69 Å². The van der Waals surface area contributed by atoms with Crippen LogP contribution in [0.3, 0.4) is 0 Å². The molecule has 0 aliphatic rings. The van der Waals surface area contributed by atoms with E-state index in [1.807, 2.05) is 18.5 Å². The Kier molecular flexibility index (Phi) is 4.67. The molecule has 0 aliphatic carbocycles. The second-order valence-corrected chi connectivity index (χ2v) is 5.34. The van der Waals surface area contributed by atoms with Gasteiger partial charge < -0.3 is 5.43 Å². The molecule has 1 aromatic heterocycles. The fraction of sp³-hybridized carbons (Fsp3) is 0.231. The van der Waals surface area contributed by atoms with Gasteiger partial charge >= 0.3 is 0 Å². The van der Waals surface area contributed by atoms with Gasteiger partial charge in [0.1, 0.15) is 5.69 Å². The van der Waals surface area contributed by atoms with Gasteiger partial charge in [0.25, 0.3) is 5.69 Å². The highest BCUT2D eigenvalue weighted by molar-refractivity contribution is 7.07. The molecule has 1 heterocycles. The normalized spacial score (nSPS) is 10.8. The summed E-state index contributed by atoms with van der Waals surface area (Å²) in [5.41, 5.74) is 4.78. The maximum Gasteiger partial charge on any atom is 0.293 e. The third-order valence-electron chi connectivity index (χ3n) is 2.90. The summed E-state index contributed by atoms with van der Waals surface area (Å²) in [6, 6.07) is 7.10. The summed E-state index contributed by atoms with van der Waals surface area (Å²) in [4.78, 5) is 12.6. The number of benzene rings is 1. The number of nitrogen functional groups attached to an aromatic ring is 1. The number of thiophene rings is 1. The number of nitrogens with zero attached hydrogens (tertiary/aromatic N) is 2. The van der Waals surface area contributed by atoms with E-state index < -0.39 is 4.92 Å². The lowest BCUT2D eigenvalue weighted by molar-refractivity contribution is -0.384. The van der Waals surface area contributed by atoms with Gasteiger partial charge in [-0.25, -0.2) is 0 Å². The third kappa shape index (κ3) is 3.53. The molecule has 0 saturated heterocycles. The maximum absolute atomic E-state index is 11.0. The number of hydrogen-bond acceptors (Lipinski definition) is 6. The van der Waals surface area contributed by atoms with Crippen molar-refractivity contribution in [2.24, 2.45) is 5.84 Å². The topological polar surface area (TPSA) is 84.4 Å². The molecule has 0 saturated carbocycles. The van der Waals surface area contributed by atoms with Gasteiger partial charge in [0, 0.05) is 19.2 Å². The van der Waals surface area contributed by atoms with Crippen molar-refractivity contribution in [2.45, 2.75) is 13.1 Å². The van der Waals surface area contributed by atoms with Crippen molar-refractivity contribution < 1.29 is 4.92 Å². The molecular weight excluding hydrogens is 276 g/mol. The SMILES string of the molecule is CN(Cc1ccsc1)Cc1ccc(NN)c([N+](=O)[O-])c1. The Bertz CT molecular complexity index is 586. The molecule has 2 aromatic rings. The van der Waals surface area contributed by atoms with Crippen LogP contribution in [0.5, 0.6) is 0 Å². The van der Waals surface area contributed by atoms with E-state index in [2.05, 4.69) is 21.8 Å². The van der Waals surface area contributed by atoms with Gasteiger partial charge in [0.15, 0.2) is 0 Å². The number of nitrogens with one attached hydrogen (secondary N) is 1. The van der Waals surface area contributed by atoms with Gasteiger partial charge in [0.05, 0.1) is 4.92 Å². The van der Waals surface area contributed by atoms with E-state index in [0.29, 0.717) is 12.2 Å². The number of nitrogens with two attached hydrogens (primary N) is 1. The van der Waals surface area contributed by atoms with Crippen LogP contribution in [0.25, 0.3) is 0 Å². The van der Waals surface area contributed by atoms with Crippen LogP contribution in [0.4, 0.5) is 11.4 Å². The number of nitro benzene ring substituents is 1. The highest BCUT2D eigenvalue weighted by Crippen LogP contribution is 2.25. The summed E-state index contributed by atoms with van der Waals surface area (Å²) in [6.07, 6.45) is 0. The minimum absolute atomic E-state index is 0.00562. The van der Waals surface area contributed by atoms with Gasteiger partial charge in [-0.15, -0.1) is 0 Å². The van der Waals surface area contributed by atoms with Gasteiger partial charge in [-0.05, 0) is 41.1 Å². The highest BCUT2D eigenvalue weighted by atomic mass is 32.1. The van der Waals surface area contributed by atoms with Crippen molar-refractivity contribution in [1.29, 1.82) is 0 Å². The molecule has 1 aromatic carbocycles. The molecule has 7 heteroatoms. The molecule has 106 valence electrons. The first-order valence-electron chi connectivity index (χ1n) is 6.03. The molecule has 0 spiro atoms. The molecule has 3 N–H and O–H groups in total. The van der Waals surface area contributed by atoms with Crippen molar-refractivity contribution in [1.82, 2.24) is 4.90 Å². The number of nitro groups is 1. The summed E-state index contributed by atoms with van der Waals surface area (Å²) in [5, 5.41) is 15.1. The summed E-state index contributed by atoms with van der Waals surface area (Å²) < 4.78 is 0. The predicted octanol–water partition coefficient (Wildman–Crippen LogP) is 2.57. The third-order valence-corrected chi connectivity index (χ3v) is 3.63. The first-order valence-corrected chi connectivity index (χ1v) is 6.98. The van der Waals surface area contributed by atoms with E-state index >= 15 is 0 Å². The standard InChI is InChI=1S/C13H16N4O2S/c1-16(8-11-4-5-20-9-11)7-10-2-3-12(15-14)13(6-10)17(18)19/h2-6,9,15H,7-8,14H2,1H3. The van der Waals surface area contributed by atoms with Crippen LogP contribution < -0.4 is 11.3 Å². The van der Waals surface area contributed by atoms with Crippen molar-refractivity contribution in [2.75, 3.05) is 12.5 Å². The Hall–Kier alpha value is -1.96. The van der Waals surface area contributed by atoms with Crippen molar-refractivity contribution in [3.63, 3.8) is 0 Å². The van der Waals surface area contributed by atoms with Crippen LogP contribution in [0.15, 0.2) is 35.0 Å². The van der Waals surface area contributed by atoms with Gasteiger partial charge in [0.2, 0.25) is 0 Å². The lowest BCUT2D eigenvalue weighted by Crippen LogP contribution is -2.17. The molecule has 2 rings (SSSR count). The van der Waals surface area contributed by atoms with E-state index in [0.717, 1.165) is 12.1 Å². The van der Waals surface area contributed by atoms with E-state index in [1.54, 1.807) is 23.5 Å². The Morgan fingerprint density at radius 3 is 2.70 bits per heavy atom. The Balaban J connectivity index is 2.09. The van der Waals surface area contributed by atoms with Crippen LogP contribution >= 0.6 is 11.3 Å². The number of hydrogen-bond donors (Lipinski definition) is 2. The summed E-state index contributed by atoms with van der Waals surface area (Å²) in [5.74, 6) is 5.27. The molecule has 0 unspecified atom stereocenters. The lowest BCUT2D eigenvalue weighted by Gasteiger charge is -2.16. The lowest BCUT2D eigenvalue weighted by atomic mass is 10.1. The van der Waals surface area contributed by atoms with Crippen molar-refractivity contribution in [3.05, 3.63) is 56.3 Å². The monoisotopic (exact) mass is 292 g/mol. The Morgan fingerprint density at radius 2 is 2.10 bits per heavy atom. The maximum atomic E-state index is 11.0. The van der Waals surface area contributed by atoms with Crippen LogP contribution in [0.2, 0.25) is 0 Å². The zero-order valence-electron chi connectivity index (χ0n) is 11.1. The second-order valence-electron chi connectivity index (χ2n) is 4.56. The first kappa shape index (κ1) is 14.4. The fourth-order valence-corrected chi connectivity index (χ4v) is 2.67. The highest BCUT2D eigenvalue weighted by Gasteiger charge is 2.14. The molecule has 0 aliphatic heterocycles. The summed E-state index contributed by atoms with van der Waals surface area (Å²) in [7, 11) is 1.98. The van der Waals surface area contributed by atoms with E-state index in [1.165, 1.54) is 5.56 Å². The fourth-order valence-electron chi connectivity index (χ4n) is 2.01. The number of hydrazine groups is 1. The molecule has 0 fully saturated rings. The average Bonchev–Trinajstić information content (AvgIpc) is 2.91. The molecule has 0 amide bonds. The minimum Gasteiger partial charge on any atom is -0.318 e. The summed E-state index contributed by atoms with van der Waals surface area (Å²) in [6.45, 7) is 1.45. The number of rotatable bonds is 6. The van der Waals surface area contributed by atoms with E-state index in [9.17, 15) is 10.1 Å². The van der Waals surface area contributed by atoms with Gasteiger partial charge in [-0.2, -0.15) is 11.3 Å². The smallest absolute Gasteiger partial charge is 0.293 e. The zero-order chi connectivity index (χ0) is 14.5. The quantitative estimate of drug-likeness (QED) is 0.485. The first-order chi connectivity index (χ1) is 9.60. The Morgan fingerprint density at radius 1 is 1.35 bits per heavy atom. The zero-order valence-corrected chi connectivity index (χ0v) is 11.9. The molecule has 0 atom stereocenters.